The van der Waals surface area contributed by atoms with Crippen LogP contribution in [0.25, 0.3) is 0 Å². The van der Waals surface area contributed by atoms with Gasteiger partial charge in [0.25, 0.3) is 0 Å². The largest absolute Gasteiger partial charge is 1.00 e. The summed E-state index contributed by atoms with van der Waals surface area (Å²) in [4.78, 5) is 0. The van der Waals surface area contributed by atoms with Gasteiger partial charge in [-0.2, -0.15) is 17.2 Å². The molecule has 0 aliphatic rings. The SMILES string of the molecule is Cc1c[c-]([SiH3])c(O[Si](C)(C)C)c1C.[K+]. The van der Waals surface area contributed by atoms with Gasteiger partial charge in [-0.05, 0) is 35.6 Å². The van der Waals surface area contributed by atoms with Gasteiger partial charge >= 0.3 is 51.4 Å². The van der Waals surface area contributed by atoms with Crippen LogP contribution in [-0.2, 0) is 0 Å². The summed E-state index contributed by atoms with van der Waals surface area (Å²) in [6.07, 6.45) is 0. The second kappa shape index (κ2) is 5.52. The average Bonchev–Trinajstić information content (AvgIpc) is 2.14. The molecule has 1 aromatic rings. The van der Waals surface area contributed by atoms with Gasteiger partial charge in [-0.1, -0.05) is 13.8 Å². The van der Waals surface area contributed by atoms with Crippen molar-refractivity contribution >= 4 is 23.7 Å². The van der Waals surface area contributed by atoms with Crippen LogP contribution in [0.2, 0.25) is 19.6 Å². The van der Waals surface area contributed by atoms with E-state index in [1.807, 2.05) is 0 Å². The van der Waals surface area contributed by atoms with E-state index >= 15 is 0 Å². The van der Waals surface area contributed by atoms with E-state index in [-0.39, 0.29) is 51.4 Å². The van der Waals surface area contributed by atoms with Gasteiger partial charge in [-0.15, -0.1) is 5.19 Å². The van der Waals surface area contributed by atoms with E-state index in [0.29, 0.717) is 0 Å². The van der Waals surface area contributed by atoms with Crippen molar-refractivity contribution in [3.05, 3.63) is 17.2 Å². The molecule has 1 nitrogen and oxygen atoms in total. The van der Waals surface area contributed by atoms with E-state index in [0.717, 1.165) is 10.2 Å². The quantitative estimate of drug-likeness (QED) is 0.446. The van der Waals surface area contributed by atoms with Gasteiger partial charge in [-0.3, -0.25) is 0 Å². The van der Waals surface area contributed by atoms with Crippen molar-refractivity contribution in [1.82, 2.24) is 0 Å². The zero-order valence-electron chi connectivity index (χ0n) is 10.5. The Morgan fingerprint density at radius 3 is 2.07 bits per heavy atom. The van der Waals surface area contributed by atoms with Gasteiger partial charge in [-0.25, -0.2) is 0 Å². The molecule has 1 rings (SSSR count). The number of aryl methyl sites for hydroxylation is 1. The fourth-order valence-electron chi connectivity index (χ4n) is 1.44. The third-order valence-electron chi connectivity index (χ3n) is 2.13. The first-order valence-electron chi connectivity index (χ1n) is 4.74. The summed E-state index contributed by atoms with van der Waals surface area (Å²) in [5.41, 5.74) is 2.71. The van der Waals surface area contributed by atoms with E-state index < -0.39 is 8.32 Å². The number of hydrogen-bond donors (Lipinski definition) is 0. The van der Waals surface area contributed by atoms with Crippen LogP contribution in [-0.4, -0.2) is 18.6 Å². The second-order valence-electron chi connectivity index (χ2n) is 4.68. The van der Waals surface area contributed by atoms with Crippen LogP contribution in [0.4, 0.5) is 0 Å². The smallest absolute Gasteiger partial charge is 0.565 e. The second-order valence-corrected chi connectivity index (χ2v) is 10.2. The van der Waals surface area contributed by atoms with Crippen LogP contribution in [0.3, 0.4) is 0 Å². The summed E-state index contributed by atoms with van der Waals surface area (Å²) in [6, 6.07) is 2.26. The van der Waals surface area contributed by atoms with E-state index in [9.17, 15) is 0 Å². The van der Waals surface area contributed by atoms with Crippen molar-refractivity contribution in [3.63, 3.8) is 0 Å². The minimum absolute atomic E-state index is 0. The van der Waals surface area contributed by atoms with Crippen molar-refractivity contribution in [2.75, 3.05) is 0 Å². The van der Waals surface area contributed by atoms with Crippen LogP contribution in [0.15, 0.2) is 6.07 Å². The fraction of sp³-hybridized carbons (Fsp3) is 0.500. The van der Waals surface area contributed by atoms with E-state index in [4.69, 9.17) is 4.43 Å². The first-order valence-corrected chi connectivity index (χ1v) is 9.14. The molecule has 0 radical (unpaired) electrons. The monoisotopic (exact) mass is 250 g/mol. The topological polar surface area (TPSA) is 9.23 Å². The third-order valence-corrected chi connectivity index (χ3v) is 3.69. The van der Waals surface area contributed by atoms with Crippen LogP contribution in [0, 0.1) is 13.8 Å². The Labute approximate surface area is 134 Å². The predicted molar refractivity (Wildman–Crippen MR) is 65.1 cm³/mol. The fourth-order valence-corrected chi connectivity index (χ4v) is 3.48. The normalized spacial score (nSPS) is 11.2. The first kappa shape index (κ1) is 15.2. The molecule has 0 fully saturated rings. The van der Waals surface area contributed by atoms with Gasteiger partial charge in [0.2, 0.25) is 8.32 Å². The Morgan fingerprint density at radius 1 is 1.29 bits per heavy atom. The van der Waals surface area contributed by atoms with Gasteiger partial charge in [0.05, 0.1) is 0 Å². The number of hydrogen-bond acceptors (Lipinski definition) is 1. The Bertz CT molecular complexity index is 313. The molecule has 0 atom stereocenters. The van der Waals surface area contributed by atoms with Crippen LogP contribution in [0.1, 0.15) is 11.1 Å². The summed E-state index contributed by atoms with van der Waals surface area (Å²) in [5, 5.41) is 1.41. The van der Waals surface area contributed by atoms with Gasteiger partial charge in [0.1, 0.15) is 0 Å². The molecule has 4 heteroatoms. The standard InChI is InChI=1S/C10H19OSi2.K/c1-7-6-9(12)10(8(7)2)11-13(3,4)5;/h6H,1-5,12H3;/q-1;+1. The van der Waals surface area contributed by atoms with E-state index in [1.165, 1.54) is 22.1 Å². The zero-order valence-corrected chi connectivity index (χ0v) is 16.6. The Kier molecular flexibility index (Phi) is 6.00. The molecule has 0 amide bonds. The molecule has 74 valence electrons. The van der Waals surface area contributed by atoms with Crippen molar-refractivity contribution in [1.29, 1.82) is 0 Å². The van der Waals surface area contributed by atoms with Crippen LogP contribution >= 0.6 is 0 Å². The summed E-state index contributed by atoms with van der Waals surface area (Å²) < 4.78 is 6.06. The molecule has 0 aromatic heterocycles. The van der Waals surface area contributed by atoms with Crippen molar-refractivity contribution in [2.24, 2.45) is 0 Å². The first-order chi connectivity index (χ1) is 5.81. The van der Waals surface area contributed by atoms with E-state index in [2.05, 4.69) is 39.6 Å². The Morgan fingerprint density at radius 2 is 1.79 bits per heavy atom. The van der Waals surface area contributed by atoms with E-state index in [1.54, 1.807) is 0 Å². The average molecular weight is 251 g/mol. The maximum absolute atomic E-state index is 6.06. The molecule has 0 saturated heterocycles. The van der Waals surface area contributed by atoms with Crippen LogP contribution < -0.4 is 61.0 Å². The molecular weight excluding hydrogens is 231 g/mol. The molecule has 0 aliphatic carbocycles. The Hall–Kier alpha value is 1.22. The molecule has 0 spiro atoms. The third kappa shape index (κ3) is 4.00. The maximum Gasteiger partial charge on any atom is 1.00 e. The zero-order chi connectivity index (χ0) is 10.2. The molecule has 0 saturated carbocycles. The molecule has 0 aliphatic heterocycles. The molecule has 0 unspecified atom stereocenters. The summed E-state index contributed by atoms with van der Waals surface area (Å²) >= 11 is 0. The minimum atomic E-state index is -1.43. The molecule has 0 heterocycles. The summed E-state index contributed by atoms with van der Waals surface area (Å²) in [5.74, 6) is 1.18. The number of rotatable bonds is 2. The van der Waals surface area contributed by atoms with Gasteiger partial charge in [0.15, 0.2) is 0 Å². The maximum atomic E-state index is 6.06. The summed E-state index contributed by atoms with van der Waals surface area (Å²) in [7, 11) is -0.340. The molecular formula is C10H19KOSi2. The Balaban J connectivity index is 0.00000169. The molecule has 0 N–H and O–H groups in total. The van der Waals surface area contributed by atoms with Gasteiger partial charge < -0.3 is 4.43 Å². The predicted octanol–water partition coefficient (Wildman–Crippen LogP) is -1.77. The molecule has 14 heavy (non-hydrogen) atoms. The molecule has 0 bridgehead atoms. The minimum Gasteiger partial charge on any atom is -0.565 e. The van der Waals surface area contributed by atoms with Crippen molar-refractivity contribution < 1.29 is 55.8 Å². The van der Waals surface area contributed by atoms with Crippen LogP contribution in [0.5, 0.6) is 5.75 Å². The van der Waals surface area contributed by atoms with Gasteiger partial charge in [0, 0.05) is 0 Å². The van der Waals surface area contributed by atoms with Crippen molar-refractivity contribution in [2.45, 2.75) is 33.5 Å². The van der Waals surface area contributed by atoms with Crippen molar-refractivity contribution in [3.8, 4) is 5.75 Å². The summed E-state index contributed by atoms with van der Waals surface area (Å²) in [6.45, 7) is 11.0. The molecule has 1 aromatic carbocycles.